The number of unbranched alkanes of at least 4 members (excludes halogenated alkanes) is 1. The molecule has 0 saturated heterocycles. The van der Waals surface area contributed by atoms with Crippen molar-refractivity contribution in [2.75, 3.05) is 48.8 Å². The van der Waals surface area contributed by atoms with Crippen LogP contribution in [0.2, 0.25) is 0 Å². The first-order valence-corrected chi connectivity index (χ1v) is 37.0. The minimum Gasteiger partial charge on any atom is -0.507 e. The highest BCUT2D eigenvalue weighted by Gasteiger charge is 2.57. The summed E-state index contributed by atoms with van der Waals surface area (Å²) in [5.74, 6) is 5.06. The van der Waals surface area contributed by atoms with Gasteiger partial charge in [-0.15, -0.1) is 0 Å². The van der Waals surface area contributed by atoms with E-state index >= 15 is 0 Å². The molecular weight excluding hydrogens is 1260 g/mol. The molecule has 0 radical (unpaired) electrons. The van der Waals surface area contributed by atoms with Crippen molar-refractivity contribution >= 4 is 27.6 Å². The van der Waals surface area contributed by atoms with Gasteiger partial charge in [0.1, 0.15) is 46.4 Å². The van der Waals surface area contributed by atoms with Gasteiger partial charge in [-0.3, -0.25) is 0 Å². The third kappa shape index (κ3) is 12.3. The van der Waals surface area contributed by atoms with Crippen LogP contribution in [-0.4, -0.2) is 66.1 Å². The molecule has 9 aromatic rings. The lowest BCUT2D eigenvalue weighted by Gasteiger charge is -2.52. The van der Waals surface area contributed by atoms with E-state index in [1.807, 2.05) is 18.2 Å². The summed E-state index contributed by atoms with van der Waals surface area (Å²) in [6.45, 7) is 29.2. The molecule has 4 unspecified atom stereocenters. The molecule has 0 amide bonds. The molecule has 102 heavy (non-hydrogen) atoms. The van der Waals surface area contributed by atoms with Gasteiger partial charge in [0.25, 0.3) is 0 Å². The maximum Gasteiger partial charge on any atom is 0.178 e. The molecule has 2 fully saturated rings. The fourth-order valence-corrected chi connectivity index (χ4v) is 20.5. The highest BCUT2D eigenvalue weighted by molar-refractivity contribution is 6.10. The first-order valence-electron chi connectivity index (χ1n) is 37.0. The van der Waals surface area contributed by atoms with Crippen molar-refractivity contribution in [1.29, 1.82) is 0 Å². The van der Waals surface area contributed by atoms with Crippen LogP contribution in [0, 0.1) is 28.6 Å². The lowest BCUT2D eigenvalue weighted by Crippen LogP contribution is -2.44. The first kappa shape index (κ1) is 70.3. The van der Waals surface area contributed by atoms with Crippen LogP contribution in [0.3, 0.4) is 0 Å². The Hall–Kier alpha value is -8.76. The van der Waals surface area contributed by atoms with Crippen LogP contribution in [0.1, 0.15) is 184 Å². The molecule has 1 N–H and O–H groups in total. The smallest absolute Gasteiger partial charge is 0.178 e. The van der Waals surface area contributed by atoms with Gasteiger partial charge >= 0.3 is 0 Å². The quantitative estimate of drug-likeness (QED) is 0.0949. The Morgan fingerprint density at radius 3 is 1.71 bits per heavy atom. The number of aromatic hydroxyl groups is 1. The van der Waals surface area contributed by atoms with E-state index in [1.54, 1.807) is 35.5 Å². The Labute approximate surface area is 605 Å². The molecule has 0 bridgehead atoms. The number of aryl methyl sites for hydroxylation is 1. The Morgan fingerprint density at radius 1 is 0.529 bits per heavy atom. The van der Waals surface area contributed by atoms with Gasteiger partial charge in [-0.1, -0.05) is 184 Å². The van der Waals surface area contributed by atoms with E-state index in [4.69, 9.17) is 37.9 Å². The predicted octanol–water partition coefficient (Wildman–Crippen LogP) is 22.9. The third-order valence-electron chi connectivity index (χ3n) is 23.0. The number of methoxy groups -OCH3 is 5. The number of phenols is 1. The van der Waals surface area contributed by atoms with E-state index in [2.05, 4.69) is 241 Å². The van der Waals surface area contributed by atoms with Crippen LogP contribution in [-0.2, 0) is 25.9 Å². The van der Waals surface area contributed by atoms with E-state index < -0.39 is 5.60 Å². The molecule has 4 atom stereocenters. The second-order valence-corrected chi connectivity index (χ2v) is 33.5. The molecule has 5 aliphatic carbocycles. The SMILES string of the molecule is CCCCOCC(C)Oc1ccc(C2(c3ccc(OC)cc3)C=Cc3c4c(c5cc(C6C=CC(C)=CC6OC)c(OC)cc5c3O2)-c2ccccc2C42CC(C)(C)CC(C)(C)C2)cc1.COc1cc(C)ccc1-c1cc2c3c(cc(O)c2cc1OC)C1(CC(C)(C)CC(C)(C)C1)c1ccccc1-3. The first-order chi connectivity index (χ1) is 48.7. The predicted molar refractivity (Wildman–Crippen MR) is 417 cm³/mol. The van der Waals surface area contributed by atoms with Gasteiger partial charge in [0.05, 0.1) is 41.2 Å². The summed E-state index contributed by atoms with van der Waals surface area (Å²) in [7, 11) is 8.68. The topological polar surface area (TPSA) is 94.1 Å². The average molecular weight is 1370 g/mol. The van der Waals surface area contributed by atoms with Crippen LogP contribution in [0.15, 0.2) is 175 Å². The summed E-state index contributed by atoms with van der Waals surface area (Å²) in [4.78, 5) is 0. The molecule has 1 aliphatic heterocycles. The van der Waals surface area contributed by atoms with Gasteiger partial charge in [-0.25, -0.2) is 0 Å². The van der Waals surface area contributed by atoms with Crippen molar-refractivity contribution < 1.29 is 43.0 Å². The van der Waals surface area contributed by atoms with Crippen LogP contribution < -0.4 is 28.4 Å². The van der Waals surface area contributed by atoms with E-state index in [1.165, 1.54) is 61.9 Å². The molecule has 15 rings (SSSR count). The van der Waals surface area contributed by atoms with Crippen molar-refractivity contribution in [3.05, 3.63) is 226 Å². The minimum absolute atomic E-state index is 0.0385. The van der Waals surface area contributed by atoms with E-state index in [-0.39, 0.29) is 50.6 Å². The van der Waals surface area contributed by atoms with Crippen LogP contribution >= 0.6 is 0 Å². The standard InChI is InChI=1S/C58H66O6.C35H38O3/c1-11-12-29-62-33-38(3)63-42-24-20-40(21-25-42)58(39-18-22-41(59-8)23-19-39)28-27-45-53-52(44-15-13-14-16-49(44)57(53)35-55(4,5)34-56(6,7)36-57)47-31-46(43-26-17-37(2)30-50(43)60-9)51(61-10)32-48(47)54(45)64-58;1-21-12-13-22(30(14-21)37-6)25-15-26-24(16-31(25)38-7)29(36)17-28-32(26)23-10-8-9-11-27(23)35(28)19-33(2,3)18-34(4,5)20-35/h13-28,30-32,38,43,50H,11-12,29,33-36H2,1-10H3;8-17,36H,18-20H2,1-7H3. The zero-order valence-electron chi connectivity index (χ0n) is 63.3. The highest BCUT2D eigenvalue weighted by Crippen LogP contribution is 2.69. The lowest BCUT2D eigenvalue weighted by atomic mass is 9.52. The zero-order valence-corrected chi connectivity index (χ0v) is 63.3. The largest absolute Gasteiger partial charge is 0.507 e. The highest BCUT2D eigenvalue weighted by atomic mass is 16.5. The third-order valence-corrected chi connectivity index (χ3v) is 23.0. The van der Waals surface area contributed by atoms with Crippen molar-refractivity contribution in [1.82, 2.24) is 0 Å². The second-order valence-electron chi connectivity index (χ2n) is 33.5. The molecule has 9 aromatic carbocycles. The van der Waals surface area contributed by atoms with Crippen LogP contribution in [0.25, 0.3) is 61.0 Å². The number of allylic oxidation sites excluding steroid dienone is 2. The normalized spacial score (nSPS) is 21.0. The molecule has 530 valence electrons. The number of hydrogen-bond acceptors (Lipinski definition) is 9. The molecule has 1 heterocycles. The van der Waals surface area contributed by atoms with Crippen molar-refractivity contribution in [3.63, 3.8) is 0 Å². The number of phenolic OH excluding ortho intramolecular Hbond substituents is 1. The van der Waals surface area contributed by atoms with Crippen molar-refractivity contribution in [3.8, 4) is 73.6 Å². The number of benzene rings is 9. The fraction of sp³-hybridized carbons (Fsp3) is 0.398. The number of hydrogen-bond donors (Lipinski definition) is 1. The maximum atomic E-state index is 11.5. The van der Waals surface area contributed by atoms with Gasteiger partial charge in [-0.05, 0) is 215 Å². The van der Waals surface area contributed by atoms with E-state index in [9.17, 15) is 5.11 Å². The Kier molecular flexibility index (Phi) is 18.3. The molecule has 9 nitrogen and oxygen atoms in total. The second kappa shape index (κ2) is 26.5. The number of ether oxygens (including phenoxy) is 8. The average Bonchev–Trinajstić information content (AvgIpc) is 1.50. The van der Waals surface area contributed by atoms with Crippen molar-refractivity contribution in [2.45, 2.75) is 169 Å². The van der Waals surface area contributed by atoms with Gasteiger partial charge in [0.15, 0.2) is 5.60 Å². The Morgan fingerprint density at radius 2 is 1.10 bits per heavy atom. The molecule has 0 aromatic heterocycles. The lowest BCUT2D eigenvalue weighted by molar-refractivity contribution is 0.0571. The molecule has 2 saturated carbocycles. The summed E-state index contributed by atoms with van der Waals surface area (Å²) in [6.07, 6.45) is 19.8. The number of rotatable bonds is 16. The maximum absolute atomic E-state index is 11.5. The van der Waals surface area contributed by atoms with Gasteiger partial charge in [0, 0.05) is 74.6 Å². The summed E-state index contributed by atoms with van der Waals surface area (Å²) in [5, 5.41) is 15.6. The van der Waals surface area contributed by atoms with E-state index in [0.717, 1.165) is 141 Å². The van der Waals surface area contributed by atoms with Crippen LogP contribution in [0.4, 0.5) is 0 Å². The van der Waals surface area contributed by atoms with Gasteiger partial charge < -0.3 is 43.0 Å². The Balaban J connectivity index is 0.000000197. The summed E-state index contributed by atoms with van der Waals surface area (Å²) >= 11 is 0. The number of fused-ring (bicyclic) bond motifs is 17. The monoisotopic (exact) mass is 1360 g/mol. The molecule has 2 spiro atoms. The van der Waals surface area contributed by atoms with E-state index in [0.29, 0.717) is 12.4 Å². The minimum atomic E-state index is -0.987. The Bertz CT molecular complexity index is 4780. The summed E-state index contributed by atoms with van der Waals surface area (Å²) in [6, 6.07) is 52.0. The molecule has 9 heteroatoms. The molecular formula is C93H104O9. The van der Waals surface area contributed by atoms with Crippen LogP contribution in [0.5, 0.6) is 40.2 Å². The fourth-order valence-electron chi connectivity index (χ4n) is 20.5. The summed E-state index contributed by atoms with van der Waals surface area (Å²) in [5.41, 5.74) is 18.3. The summed E-state index contributed by atoms with van der Waals surface area (Å²) < 4.78 is 50.1. The zero-order chi connectivity index (χ0) is 72.1. The van der Waals surface area contributed by atoms with Gasteiger partial charge in [0.2, 0.25) is 0 Å². The van der Waals surface area contributed by atoms with Gasteiger partial charge in [-0.2, -0.15) is 0 Å². The molecule has 6 aliphatic rings. The van der Waals surface area contributed by atoms with Crippen molar-refractivity contribution in [2.24, 2.45) is 21.7 Å².